The molecule has 0 spiro atoms. The summed E-state index contributed by atoms with van der Waals surface area (Å²) >= 11 is 0. The fourth-order valence-electron chi connectivity index (χ4n) is 2.18. The summed E-state index contributed by atoms with van der Waals surface area (Å²) in [5.41, 5.74) is 0. The molecule has 0 aromatic rings. The maximum atomic E-state index is 11.6. The van der Waals surface area contributed by atoms with E-state index < -0.39 is 0 Å². The molecule has 0 bridgehead atoms. The van der Waals surface area contributed by atoms with Crippen molar-refractivity contribution in [3.05, 3.63) is 0 Å². The van der Waals surface area contributed by atoms with Gasteiger partial charge in [-0.3, -0.25) is 4.79 Å². The molecular weight excluding hydrogens is 178 g/mol. The molecule has 2 atom stereocenters. The number of nitrogens with zero attached hydrogens (tertiary/aromatic N) is 1. The number of carbonyl (C=O) groups is 1. The van der Waals surface area contributed by atoms with Crippen molar-refractivity contribution in [2.24, 2.45) is 5.92 Å². The first kappa shape index (κ1) is 11.5. The maximum Gasteiger partial charge on any atom is 0.223 e. The van der Waals surface area contributed by atoms with Crippen LogP contribution in [0.5, 0.6) is 0 Å². The second-order valence-electron chi connectivity index (χ2n) is 4.74. The van der Waals surface area contributed by atoms with Crippen LogP contribution in [0.3, 0.4) is 0 Å². The summed E-state index contributed by atoms with van der Waals surface area (Å²) in [6.45, 7) is 7.99. The molecule has 0 saturated carbocycles. The average Bonchev–Trinajstić information content (AvgIpc) is 2.45. The van der Waals surface area contributed by atoms with Crippen molar-refractivity contribution in [2.75, 3.05) is 0 Å². The van der Waals surface area contributed by atoms with Gasteiger partial charge in [-0.05, 0) is 26.2 Å². The van der Waals surface area contributed by atoms with Gasteiger partial charge in [-0.25, -0.2) is 0 Å². The number of hydrogen-bond acceptors (Lipinski definition) is 2. The molecule has 1 aliphatic rings. The maximum absolute atomic E-state index is 11.6. The van der Waals surface area contributed by atoms with E-state index in [4.69, 9.17) is 0 Å². The van der Waals surface area contributed by atoms with E-state index in [-0.39, 0.29) is 30.0 Å². The molecule has 1 heterocycles. The molecule has 3 heteroatoms. The number of hydrogen-bond donors (Lipinski definition) is 1. The van der Waals surface area contributed by atoms with E-state index in [1.165, 1.54) is 0 Å². The molecule has 1 saturated heterocycles. The van der Waals surface area contributed by atoms with Crippen molar-refractivity contribution in [1.82, 2.24) is 4.90 Å². The van der Waals surface area contributed by atoms with Gasteiger partial charge in [0.05, 0.1) is 12.1 Å². The highest BCUT2D eigenvalue weighted by molar-refractivity contribution is 5.79. The van der Waals surface area contributed by atoms with E-state index in [2.05, 4.69) is 0 Å². The van der Waals surface area contributed by atoms with Crippen molar-refractivity contribution in [3.8, 4) is 0 Å². The van der Waals surface area contributed by atoms with Gasteiger partial charge in [-0.15, -0.1) is 0 Å². The number of aliphatic hydroxyl groups is 1. The second kappa shape index (κ2) is 4.30. The Bertz CT molecular complexity index is 213. The zero-order valence-electron chi connectivity index (χ0n) is 9.53. The Kier molecular flexibility index (Phi) is 3.53. The minimum Gasteiger partial charge on any atom is -0.391 e. The van der Waals surface area contributed by atoms with E-state index in [9.17, 15) is 9.90 Å². The zero-order chi connectivity index (χ0) is 10.9. The molecule has 1 aliphatic heterocycles. The standard InChI is InChI=1S/C11H21NO2/c1-7(2)11(14)9-5-6-10(13)12(9)8(3)4/h7-9,11,14H,5-6H2,1-4H3. The Morgan fingerprint density at radius 1 is 1.36 bits per heavy atom. The number of rotatable bonds is 3. The number of amides is 1. The van der Waals surface area contributed by atoms with Gasteiger partial charge < -0.3 is 10.0 Å². The van der Waals surface area contributed by atoms with Gasteiger partial charge in [0, 0.05) is 12.5 Å². The topological polar surface area (TPSA) is 40.5 Å². The molecule has 1 rings (SSSR count). The molecule has 2 unspecified atom stereocenters. The van der Waals surface area contributed by atoms with Gasteiger partial charge in [0.15, 0.2) is 0 Å². The van der Waals surface area contributed by atoms with Crippen LogP contribution < -0.4 is 0 Å². The van der Waals surface area contributed by atoms with Gasteiger partial charge in [0.25, 0.3) is 0 Å². The molecule has 1 fully saturated rings. The zero-order valence-corrected chi connectivity index (χ0v) is 9.53. The second-order valence-corrected chi connectivity index (χ2v) is 4.74. The van der Waals surface area contributed by atoms with Crippen LogP contribution in [0.15, 0.2) is 0 Å². The van der Waals surface area contributed by atoms with E-state index in [0.717, 1.165) is 6.42 Å². The van der Waals surface area contributed by atoms with Crippen LogP contribution in [-0.4, -0.2) is 34.1 Å². The van der Waals surface area contributed by atoms with Gasteiger partial charge in [-0.2, -0.15) is 0 Å². The highest BCUT2D eigenvalue weighted by Gasteiger charge is 2.37. The summed E-state index contributed by atoms with van der Waals surface area (Å²) in [6, 6.07) is 0.228. The van der Waals surface area contributed by atoms with Crippen LogP contribution in [0.2, 0.25) is 0 Å². The molecule has 0 aromatic carbocycles. The minimum absolute atomic E-state index is 0.0301. The van der Waals surface area contributed by atoms with Gasteiger partial charge in [0.2, 0.25) is 5.91 Å². The summed E-state index contributed by atoms with van der Waals surface area (Å²) in [5.74, 6) is 0.400. The van der Waals surface area contributed by atoms with E-state index in [1.807, 2.05) is 32.6 Å². The smallest absolute Gasteiger partial charge is 0.223 e. The normalized spacial score (nSPS) is 25.2. The fraction of sp³-hybridized carbons (Fsp3) is 0.909. The van der Waals surface area contributed by atoms with Crippen molar-refractivity contribution in [3.63, 3.8) is 0 Å². The third-order valence-electron chi connectivity index (χ3n) is 2.93. The molecule has 0 aromatic heterocycles. The molecule has 1 N–H and O–H groups in total. The van der Waals surface area contributed by atoms with Crippen LogP contribution in [0, 0.1) is 5.92 Å². The summed E-state index contributed by atoms with van der Waals surface area (Å²) in [4.78, 5) is 13.4. The largest absolute Gasteiger partial charge is 0.391 e. The lowest BCUT2D eigenvalue weighted by atomic mass is 9.97. The van der Waals surface area contributed by atoms with Crippen LogP contribution in [0.4, 0.5) is 0 Å². The summed E-state index contributed by atoms with van der Waals surface area (Å²) < 4.78 is 0. The third-order valence-corrected chi connectivity index (χ3v) is 2.93. The quantitative estimate of drug-likeness (QED) is 0.746. The number of aliphatic hydroxyl groups excluding tert-OH is 1. The van der Waals surface area contributed by atoms with Crippen LogP contribution in [0.25, 0.3) is 0 Å². The SMILES string of the molecule is CC(C)C(O)C1CCC(=O)N1C(C)C. The summed E-state index contributed by atoms with van der Waals surface area (Å²) in [5, 5.41) is 9.97. The first-order chi connectivity index (χ1) is 6.45. The average molecular weight is 199 g/mol. The van der Waals surface area contributed by atoms with Crippen LogP contribution in [0.1, 0.15) is 40.5 Å². The van der Waals surface area contributed by atoms with Crippen molar-refractivity contribution >= 4 is 5.91 Å². The molecule has 82 valence electrons. The van der Waals surface area contributed by atoms with Gasteiger partial charge >= 0.3 is 0 Å². The van der Waals surface area contributed by atoms with Crippen LogP contribution >= 0.6 is 0 Å². The lowest BCUT2D eigenvalue weighted by Crippen LogP contribution is -2.46. The fourth-order valence-corrected chi connectivity index (χ4v) is 2.18. The number of likely N-dealkylation sites (tertiary alicyclic amines) is 1. The molecular formula is C11H21NO2. The van der Waals surface area contributed by atoms with Crippen LogP contribution in [-0.2, 0) is 4.79 Å². The monoisotopic (exact) mass is 199 g/mol. The van der Waals surface area contributed by atoms with Crippen molar-refractivity contribution in [2.45, 2.75) is 58.7 Å². The van der Waals surface area contributed by atoms with E-state index in [1.54, 1.807) is 0 Å². The Hall–Kier alpha value is -0.570. The number of carbonyl (C=O) groups excluding carboxylic acids is 1. The predicted octanol–water partition coefficient (Wildman–Crippen LogP) is 1.40. The summed E-state index contributed by atoms with van der Waals surface area (Å²) in [6.07, 6.45) is 1.01. The molecule has 3 nitrogen and oxygen atoms in total. The first-order valence-corrected chi connectivity index (χ1v) is 5.44. The predicted molar refractivity (Wildman–Crippen MR) is 55.8 cm³/mol. The highest BCUT2D eigenvalue weighted by Crippen LogP contribution is 2.26. The molecule has 0 radical (unpaired) electrons. The van der Waals surface area contributed by atoms with Crippen molar-refractivity contribution in [1.29, 1.82) is 0 Å². The molecule has 14 heavy (non-hydrogen) atoms. The van der Waals surface area contributed by atoms with E-state index >= 15 is 0 Å². The van der Waals surface area contributed by atoms with Gasteiger partial charge in [-0.1, -0.05) is 13.8 Å². The lowest BCUT2D eigenvalue weighted by molar-refractivity contribution is -0.132. The van der Waals surface area contributed by atoms with Crippen molar-refractivity contribution < 1.29 is 9.90 Å². The van der Waals surface area contributed by atoms with E-state index in [0.29, 0.717) is 6.42 Å². The Morgan fingerprint density at radius 2 is 1.93 bits per heavy atom. The Labute approximate surface area is 86.1 Å². The Morgan fingerprint density at radius 3 is 2.36 bits per heavy atom. The lowest BCUT2D eigenvalue weighted by Gasteiger charge is -2.33. The highest BCUT2D eigenvalue weighted by atomic mass is 16.3. The Balaban J connectivity index is 2.74. The minimum atomic E-state index is -0.385. The first-order valence-electron chi connectivity index (χ1n) is 5.44. The third kappa shape index (κ3) is 2.08. The summed E-state index contributed by atoms with van der Waals surface area (Å²) in [7, 11) is 0. The molecule has 0 aliphatic carbocycles. The van der Waals surface area contributed by atoms with Gasteiger partial charge in [0.1, 0.15) is 0 Å². The molecule has 1 amide bonds.